The molecule has 1 fully saturated rings. The first-order valence-electron chi connectivity index (χ1n) is 5.92. The van der Waals surface area contributed by atoms with Gasteiger partial charge in [-0.3, -0.25) is 4.57 Å². The summed E-state index contributed by atoms with van der Waals surface area (Å²) < 4.78 is 7.36. The lowest BCUT2D eigenvalue weighted by Crippen LogP contribution is -2.45. The van der Waals surface area contributed by atoms with Crippen LogP contribution in [0.5, 0.6) is 0 Å². The van der Waals surface area contributed by atoms with Gasteiger partial charge in [-0.15, -0.1) is 0 Å². The first-order chi connectivity index (χ1) is 9.08. The highest BCUT2D eigenvalue weighted by molar-refractivity contribution is 6.33. The smallest absolute Gasteiger partial charge is 0.166 e. The second kappa shape index (κ2) is 4.68. The highest BCUT2D eigenvalue weighted by Crippen LogP contribution is 2.30. The van der Waals surface area contributed by atoms with E-state index < -0.39 is 24.5 Å². The molecule has 3 rings (SSSR count). The SMILES string of the molecule is C[C@@H]1O[C@H](n2cnc3c(Cl)ncnc32)C[C@H](O)[C@@H]1O. The van der Waals surface area contributed by atoms with Crippen molar-refractivity contribution in [2.24, 2.45) is 0 Å². The Kier molecular flexibility index (Phi) is 3.14. The van der Waals surface area contributed by atoms with Gasteiger partial charge >= 0.3 is 0 Å². The number of rotatable bonds is 1. The van der Waals surface area contributed by atoms with Gasteiger partial charge in [0.25, 0.3) is 0 Å². The summed E-state index contributed by atoms with van der Waals surface area (Å²) in [5, 5.41) is 19.8. The molecule has 0 saturated carbocycles. The quantitative estimate of drug-likeness (QED) is 0.741. The molecular formula is C11H13ClN4O3. The lowest BCUT2D eigenvalue weighted by molar-refractivity contribution is -0.183. The maximum absolute atomic E-state index is 9.82. The van der Waals surface area contributed by atoms with E-state index in [2.05, 4.69) is 15.0 Å². The van der Waals surface area contributed by atoms with Crippen LogP contribution in [0, 0.1) is 0 Å². The maximum atomic E-state index is 9.82. The van der Waals surface area contributed by atoms with Gasteiger partial charge in [-0.1, -0.05) is 11.6 Å². The fourth-order valence-corrected chi connectivity index (χ4v) is 2.43. The minimum Gasteiger partial charge on any atom is -0.390 e. The van der Waals surface area contributed by atoms with Crippen LogP contribution in [0.1, 0.15) is 19.6 Å². The summed E-state index contributed by atoms with van der Waals surface area (Å²) in [7, 11) is 0. The van der Waals surface area contributed by atoms with E-state index in [-0.39, 0.29) is 11.6 Å². The van der Waals surface area contributed by atoms with E-state index >= 15 is 0 Å². The van der Waals surface area contributed by atoms with Gasteiger partial charge in [0.1, 0.15) is 24.2 Å². The van der Waals surface area contributed by atoms with E-state index in [1.807, 2.05) is 0 Å². The van der Waals surface area contributed by atoms with E-state index in [9.17, 15) is 10.2 Å². The number of aromatic nitrogens is 4. The average Bonchev–Trinajstić information content (AvgIpc) is 2.80. The van der Waals surface area contributed by atoms with Gasteiger partial charge in [0, 0.05) is 6.42 Å². The topological polar surface area (TPSA) is 93.3 Å². The molecular weight excluding hydrogens is 272 g/mol. The van der Waals surface area contributed by atoms with Crippen molar-refractivity contribution in [3.63, 3.8) is 0 Å². The molecule has 1 aliphatic rings. The number of ether oxygens (including phenoxy) is 1. The van der Waals surface area contributed by atoms with Crippen molar-refractivity contribution in [1.29, 1.82) is 0 Å². The lowest BCUT2D eigenvalue weighted by atomic mass is 10.0. The Morgan fingerprint density at radius 1 is 1.37 bits per heavy atom. The molecule has 0 bridgehead atoms. The fraction of sp³-hybridized carbons (Fsp3) is 0.545. The largest absolute Gasteiger partial charge is 0.390 e. The Morgan fingerprint density at radius 2 is 2.16 bits per heavy atom. The predicted octanol–water partition coefficient (Wildman–Crippen LogP) is 0.509. The van der Waals surface area contributed by atoms with E-state index in [1.54, 1.807) is 17.8 Å². The van der Waals surface area contributed by atoms with Crippen molar-refractivity contribution in [3.05, 3.63) is 17.8 Å². The number of halogens is 1. The van der Waals surface area contributed by atoms with Crippen LogP contribution >= 0.6 is 11.6 Å². The first-order valence-corrected chi connectivity index (χ1v) is 6.30. The molecule has 1 aliphatic heterocycles. The van der Waals surface area contributed by atoms with Gasteiger partial charge in [0.15, 0.2) is 10.8 Å². The van der Waals surface area contributed by atoms with Crippen molar-refractivity contribution >= 4 is 22.8 Å². The monoisotopic (exact) mass is 284 g/mol. The highest BCUT2D eigenvalue weighted by Gasteiger charge is 2.35. The normalized spacial score (nSPS) is 31.8. The number of imidazole rings is 1. The molecule has 19 heavy (non-hydrogen) atoms. The second-order valence-corrected chi connectivity index (χ2v) is 4.94. The minimum absolute atomic E-state index is 0.262. The van der Waals surface area contributed by atoms with E-state index in [0.29, 0.717) is 11.2 Å². The standard InChI is InChI=1S/C11H13ClN4O3/c1-5-9(18)6(17)2-7(19-5)16-4-15-8-10(12)13-3-14-11(8)16/h3-7,9,17-18H,2H2,1H3/t5-,6-,7-,9+/m0/s1. The Labute approximate surface area is 113 Å². The molecule has 102 valence electrons. The lowest BCUT2D eigenvalue weighted by Gasteiger charge is -2.35. The van der Waals surface area contributed by atoms with Gasteiger partial charge in [-0.05, 0) is 6.92 Å². The second-order valence-electron chi connectivity index (χ2n) is 4.58. The molecule has 2 aromatic rings. The molecule has 0 unspecified atom stereocenters. The van der Waals surface area contributed by atoms with Crippen LogP contribution in [-0.2, 0) is 4.74 Å². The third-order valence-electron chi connectivity index (χ3n) is 3.31. The van der Waals surface area contributed by atoms with Crippen LogP contribution in [0.15, 0.2) is 12.7 Å². The number of nitrogens with zero attached hydrogens (tertiary/aromatic N) is 4. The predicted molar refractivity (Wildman–Crippen MR) is 66.5 cm³/mol. The van der Waals surface area contributed by atoms with Gasteiger partial charge in [-0.25, -0.2) is 15.0 Å². The highest BCUT2D eigenvalue weighted by atomic mass is 35.5. The van der Waals surface area contributed by atoms with Crippen LogP contribution in [0.2, 0.25) is 5.15 Å². The van der Waals surface area contributed by atoms with Crippen LogP contribution in [-0.4, -0.2) is 48.0 Å². The average molecular weight is 285 g/mol. The van der Waals surface area contributed by atoms with Gasteiger partial charge in [0.2, 0.25) is 0 Å². The fourth-order valence-electron chi connectivity index (χ4n) is 2.26. The summed E-state index contributed by atoms with van der Waals surface area (Å²) in [6.07, 6.45) is 0.520. The molecule has 0 aliphatic carbocycles. The van der Waals surface area contributed by atoms with Crippen LogP contribution in [0.25, 0.3) is 11.2 Å². The van der Waals surface area contributed by atoms with Crippen molar-refractivity contribution in [2.45, 2.75) is 37.9 Å². The molecule has 0 radical (unpaired) electrons. The van der Waals surface area contributed by atoms with E-state index in [4.69, 9.17) is 16.3 Å². The number of hydrogen-bond donors (Lipinski definition) is 2. The Hall–Kier alpha value is -1.28. The van der Waals surface area contributed by atoms with Gasteiger partial charge in [0.05, 0.1) is 18.5 Å². The molecule has 7 nitrogen and oxygen atoms in total. The minimum atomic E-state index is -0.885. The third-order valence-corrected chi connectivity index (χ3v) is 3.59. The van der Waals surface area contributed by atoms with E-state index in [0.717, 1.165) is 0 Å². The number of hydrogen-bond acceptors (Lipinski definition) is 6. The first kappa shape index (κ1) is 12.7. The molecule has 3 heterocycles. The summed E-state index contributed by atoms with van der Waals surface area (Å²) in [6.45, 7) is 1.71. The molecule has 1 saturated heterocycles. The van der Waals surface area contributed by atoms with Crippen LogP contribution in [0.3, 0.4) is 0 Å². The summed E-state index contributed by atoms with van der Waals surface area (Å²) in [5.41, 5.74) is 1.03. The van der Waals surface area contributed by atoms with Crippen LogP contribution < -0.4 is 0 Å². The molecule has 2 N–H and O–H groups in total. The Bertz CT molecular complexity index is 593. The summed E-state index contributed by atoms with van der Waals surface area (Å²) in [5.74, 6) is 0. The van der Waals surface area contributed by atoms with Crippen LogP contribution in [0.4, 0.5) is 0 Å². The van der Waals surface area contributed by atoms with Crippen molar-refractivity contribution in [3.8, 4) is 0 Å². The zero-order valence-corrected chi connectivity index (χ0v) is 10.9. The number of aliphatic hydroxyl groups excluding tert-OH is 2. The summed E-state index contributed by atoms with van der Waals surface area (Å²) in [6, 6.07) is 0. The van der Waals surface area contributed by atoms with Crippen molar-refractivity contribution < 1.29 is 14.9 Å². The van der Waals surface area contributed by atoms with Gasteiger partial charge < -0.3 is 14.9 Å². The Morgan fingerprint density at radius 3 is 2.89 bits per heavy atom. The molecule has 2 aromatic heterocycles. The zero-order chi connectivity index (χ0) is 13.6. The number of aliphatic hydroxyl groups is 2. The molecule has 0 amide bonds. The molecule has 0 spiro atoms. The molecule has 8 heteroatoms. The Balaban J connectivity index is 1.99. The van der Waals surface area contributed by atoms with Crippen molar-refractivity contribution in [1.82, 2.24) is 19.5 Å². The summed E-state index contributed by atoms with van der Waals surface area (Å²) >= 11 is 5.93. The zero-order valence-electron chi connectivity index (χ0n) is 10.1. The third kappa shape index (κ3) is 2.08. The molecule has 0 aromatic carbocycles. The summed E-state index contributed by atoms with van der Waals surface area (Å²) in [4.78, 5) is 12.1. The van der Waals surface area contributed by atoms with Gasteiger partial charge in [-0.2, -0.15) is 0 Å². The number of fused-ring (bicyclic) bond motifs is 1. The maximum Gasteiger partial charge on any atom is 0.166 e. The van der Waals surface area contributed by atoms with Crippen molar-refractivity contribution in [2.75, 3.05) is 0 Å². The molecule has 4 atom stereocenters. The van der Waals surface area contributed by atoms with E-state index in [1.165, 1.54) is 6.33 Å².